The van der Waals surface area contributed by atoms with Crippen molar-refractivity contribution in [2.45, 2.75) is 12.5 Å². The average Bonchev–Trinajstić information content (AvgIpc) is 2.15. The van der Waals surface area contributed by atoms with Gasteiger partial charge in [-0.2, -0.15) is 0 Å². The van der Waals surface area contributed by atoms with Gasteiger partial charge in [0.2, 0.25) is 0 Å². The Hall–Kier alpha value is -0.650. The Morgan fingerprint density at radius 3 is 2.62 bits per heavy atom. The van der Waals surface area contributed by atoms with Crippen molar-refractivity contribution in [3.63, 3.8) is 0 Å². The summed E-state index contributed by atoms with van der Waals surface area (Å²) in [5, 5.41) is 3.21. The molecule has 0 saturated carbocycles. The van der Waals surface area contributed by atoms with Gasteiger partial charge in [-0.25, -0.2) is 0 Å². The predicted octanol–water partition coefficient (Wildman–Crippen LogP) is -1.58. The quantitative estimate of drug-likeness (QED) is 0.553. The van der Waals surface area contributed by atoms with E-state index in [1.54, 1.807) is 0 Å². The smallest absolute Gasteiger partial charge is 0.255 e. The van der Waals surface area contributed by atoms with E-state index in [2.05, 4.69) is 5.32 Å². The maximum absolute atomic E-state index is 11.0. The molecule has 1 aliphatic rings. The molecule has 75 valence electrons. The lowest BCUT2D eigenvalue weighted by molar-refractivity contribution is -0.124. The lowest BCUT2D eigenvalue weighted by atomic mass is 10.1. The lowest BCUT2D eigenvalue weighted by Gasteiger charge is -2.32. The first kappa shape index (κ1) is 10.4. The maximum atomic E-state index is 11.0. The highest BCUT2D eigenvalue weighted by Gasteiger charge is 2.24. The molecule has 1 aliphatic heterocycles. The van der Waals surface area contributed by atoms with Gasteiger partial charge in [0.1, 0.15) is 0 Å². The van der Waals surface area contributed by atoms with Crippen LogP contribution in [0.4, 0.5) is 0 Å². The Labute approximate surface area is 78.4 Å². The van der Waals surface area contributed by atoms with E-state index >= 15 is 0 Å². The number of nitrogens with two attached hydrogens (primary N) is 1. The average molecular weight is 185 g/mol. The molecule has 13 heavy (non-hydrogen) atoms. The molecule has 1 saturated heterocycles. The highest BCUT2D eigenvalue weighted by Crippen LogP contribution is 2.04. The largest absolute Gasteiger partial charge is 0.330 e. The van der Waals surface area contributed by atoms with E-state index in [-0.39, 0.29) is 6.04 Å². The van der Waals surface area contributed by atoms with Gasteiger partial charge in [-0.05, 0) is 13.0 Å². The van der Waals surface area contributed by atoms with Crippen LogP contribution in [0.5, 0.6) is 0 Å². The second kappa shape index (κ2) is 5.16. The highest BCUT2D eigenvalue weighted by atomic mass is 16.1. The molecule has 1 unspecified atom stereocenters. The molecule has 5 nitrogen and oxygen atoms in total. The van der Waals surface area contributed by atoms with E-state index in [1.165, 1.54) is 0 Å². The molecular weight excluding hydrogens is 168 g/mol. The topological polar surface area (TPSA) is 82.2 Å². The van der Waals surface area contributed by atoms with E-state index in [4.69, 9.17) is 11.5 Å². The third kappa shape index (κ3) is 2.95. The lowest BCUT2D eigenvalue weighted by Crippen LogP contribution is -2.52. The monoisotopic (exact) mass is 185 g/mol. The van der Waals surface area contributed by atoms with Crippen LogP contribution in [0.15, 0.2) is 0 Å². The molecule has 1 radical (unpaired) electrons. The zero-order valence-electron chi connectivity index (χ0n) is 7.75. The summed E-state index contributed by atoms with van der Waals surface area (Å²) in [5.41, 5.74) is 12.5. The van der Waals surface area contributed by atoms with Gasteiger partial charge < -0.3 is 11.1 Å². The summed E-state index contributed by atoms with van der Waals surface area (Å²) in [6.07, 6.45) is 0.600. The van der Waals surface area contributed by atoms with Crippen molar-refractivity contribution in [3.8, 4) is 0 Å². The summed E-state index contributed by atoms with van der Waals surface area (Å²) >= 11 is 0. The number of piperazine rings is 1. The molecule has 0 aromatic carbocycles. The number of carbonyl (C=O) groups excluding carboxylic acids is 1. The van der Waals surface area contributed by atoms with Crippen LogP contribution in [0.25, 0.3) is 0 Å². The standard InChI is InChI=1S/C8H17N4O/c9-2-1-7(8(10)13)12-5-3-11-4-6-12/h7,10-11H,1-6,9H2. The van der Waals surface area contributed by atoms with Crippen LogP contribution in [0, 0.1) is 0 Å². The minimum absolute atomic E-state index is 0.285. The van der Waals surface area contributed by atoms with Crippen molar-refractivity contribution in [1.29, 1.82) is 0 Å². The van der Waals surface area contributed by atoms with E-state index in [0.717, 1.165) is 26.2 Å². The van der Waals surface area contributed by atoms with Crippen LogP contribution in [0.3, 0.4) is 0 Å². The molecule has 1 heterocycles. The van der Waals surface area contributed by atoms with E-state index in [0.29, 0.717) is 13.0 Å². The third-order valence-electron chi connectivity index (χ3n) is 2.34. The Morgan fingerprint density at radius 2 is 2.15 bits per heavy atom. The summed E-state index contributed by atoms with van der Waals surface area (Å²) in [4.78, 5) is 13.0. The molecule has 0 aliphatic carbocycles. The van der Waals surface area contributed by atoms with Crippen LogP contribution < -0.4 is 16.8 Å². The molecule has 0 aromatic heterocycles. The number of nitrogens with zero attached hydrogens (tertiary/aromatic N) is 1. The summed E-state index contributed by atoms with van der Waals surface area (Å²) in [5.74, 6) is -0.507. The van der Waals surface area contributed by atoms with Crippen LogP contribution >= 0.6 is 0 Å². The van der Waals surface area contributed by atoms with E-state index < -0.39 is 5.91 Å². The first-order valence-electron chi connectivity index (χ1n) is 4.66. The number of nitrogens with one attached hydrogen (secondary N) is 2. The fourth-order valence-corrected chi connectivity index (χ4v) is 1.63. The molecule has 0 bridgehead atoms. The van der Waals surface area contributed by atoms with Crippen LogP contribution in [-0.4, -0.2) is 49.6 Å². The van der Waals surface area contributed by atoms with Crippen molar-refractivity contribution < 1.29 is 4.79 Å². The van der Waals surface area contributed by atoms with Crippen molar-refractivity contribution in [2.75, 3.05) is 32.7 Å². The minimum atomic E-state index is -0.507. The van der Waals surface area contributed by atoms with Crippen LogP contribution in [0.1, 0.15) is 6.42 Å². The summed E-state index contributed by atoms with van der Waals surface area (Å²) in [6.45, 7) is 3.95. The Morgan fingerprint density at radius 1 is 1.54 bits per heavy atom. The molecule has 1 amide bonds. The van der Waals surface area contributed by atoms with Crippen molar-refractivity contribution in [1.82, 2.24) is 16.0 Å². The molecule has 1 fully saturated rings. The Balaban J connectivity index is 2.46. The molecule has 4 N–H and O–H groups in total. The Bertz CT molecular complexity index is 168. The Kier molecular flexibility index (Phi) is 4.14. The minimum Gasteiger partial charge on any atom is -0.330 e. The van der Waals surface area contributed by atoms with E-state index in [9.17, 15) is 4.79 Å². The van der Waals surface area contributed by atoms with Gasteiger partial charge in [0.05, 0.1) is 6.04 Å². The zero-order chi connectivity index (χ0) is 9.68. The fraction of sp³-hybridized carbons (Fsp3) is 0.875. The summed E-state index contributed by atoms with van der Waals surface area (Å²) in [7, 11) is 0. The number of rotatable bonds is 4. The van der Waals surface area contributed by atoms with Crippen LogP contribution in [-0.2, 0) is 4.79 Å². The second-order valence-corrected chi connectivity index (χ2v) is 3.24. The van der Waals surface area contributed by atoms with Gasteiger partial charge in [0.25, 0.3) is 5.91 Å². The highest BCUT2D eigenvalue weighted by molar-refractivity contribution is 5.79. The molecule has 0 spiro atoms. The fourth-order valence-electron chi connectivity index (χ4n) is 1.63. The van der Waals surface area contributed by atoms with Gasteiger partial charge in [-0.1, -0.05) is 0 Å². The SMILES string of the molecule is [NH]C(=O)C(CCN)N1CCNCC1. The maximum Gasteiger partial charge on any atom is 0.255 e. The van der Waals surface area contributed by atoms with Gasteiger partial charge in [-0.15, -0.1) is 0 Å². The first-order valence-corrected chi connectivity index (χ1v) is 4.66. The zero-order valence-corrected chi connectivity index (χ0v) is 7.75. The number of amides is 1. The van der Waals surface area contributed by atoms with Gasteiger partial charge in [0.15, 0.2) is 0 Å². The summed E-state index contributed by atoms with van der Waals surface area (Å²) < 4.78 is 0. The molecule has 1 atom stereocenters. The number of hydrogen-bond acceptors (Lipinski definition) is 4. The van der Waals surface area contributed by atoms with Crippen molar-refractivity contribution in [2.24, 2.45) is 5.73 Å². The predicted molar refractivity (Wildman–Crippen MR) is 50.0 cm³/mol. The molecular formula is C8H17N4O. The van der Waals surface area contributed by atoms with Gasteiger partial charge >= 0.3 is 0 Å². The first-order chi connectivity index (χ1) is 6.25. The number of carbonyl (C=O) groups is 1. The number of hydrogen-bond donors (Lipinski definition) is 2. The van der Waals surface area contributed by atoms with Crippen molar-refractivity contribution in [3.05, 3.63) is 0 Å². The van der Waals surface area contributed by atoms with Crippen molar-refractivity contribution >= 4 is 5.91 Å². The van der Waals surface area contributed by atoms with Gasteiger partial charge in [0, 0.05) is 26.2 Å². The molecule has 1 rings (SSSR count). The molecule has 5 heteroatoms. The van der Waals surface area contributed by atoms with Gasteiger partial charge in [-0.3, -0.25) is 15.4 Å². The van der Waals surface area contributed by atoms with Crippen LogP contribution in [0.2, 0.25) is 0 Å². The molecule has 0 aromatic rings. The summed E-state index contributed by atoms with van der Waals surface area (Å²) in [6, 6.07) is -0.285. The van der Waals surface area contributed by atoms with E-state index in [1.807, 2.05) is 4.90 Å². The third-order valence-corrected chi connectivity index (χ3v) is 2.34. The normalized spacial score (nSPS) is 21.3. The second-order valence-electron chi connectivity index (χ2n) is 3.24.